The predicted octanol–water partition coefficient (Wildman–Crippen LogP) is 1.43. The summed E-state index contributed by atoms with van der Waals surface area (Å²) in [5.74, 6) is 0.634. The van der Waals surface area contributed by atoms with Crippen LogP contribution in [0.2, 0.25) is 0 Å². The Bertz CT molecular complexity index is 540. The molecule has 2 N–H and O–H groups in total. The molecule has 2 aromatic heterocycles. The van der Waals surface area contributed by atoms with E-state index < -0.39 is 0 Å². The van der Waals surface area contributed by atoms with Gasteiger partial charge in [-0.2, -0.15) is 0 Å². The van der Waals surface area contributed by atoms with E-state index in [4.69, 9.17) is 0 Å². The monoisotopic (exact) mass is 266 g/mol. The Hall–Kier alpha value is -1.40. The minimum absolute atomic E-state index is 0.00963. The van der Waals surface area contributed by atoms with E-state index in [9.17, 15) is 4.79 Å². The summed E-state index contributed by atoms with van der Waals surface area (Å²) in [6.45, 7) is 6.81. The van der Waals surface area contributed by atoms with Crippen LogP contribution in [-0.2, 0) is 13.1 Å². The first kappa shape index (κ1) is 13.0. The van der Waals surface area contributed by atoms with Gasteiger partial charge >= 0.3 is 4.87 Å². The lowest BCUT2D eigenvalue weighted by atomic mass is 10.2. The van der Waals surface area contributed by atoms with Crippen molar-refractivity contribution in [3.8, 4) is 0 Å². The molecule has 0 bridgehead atoms. The number of aromatic nitrogens is 3. The van der Waals surface area contributed by atoms with E-state index in [2.05, 4.69) is 29.1 Å². The molecule has 0 amide bonds. The highest BCUT2D eigenvalue weighted by atomic mass is 32.1. The lowest BCUT2D eigenvalue weighted by Gasteiger charge is -2.09. The van der Waals surface area contributed by atoms with Crippen LogP contribution in [0, 0.1) is 5.92 Å². The van der Waals surface area contributed by atoms with Gasteiger partial charge < -0.3 is 14.9 Å². The topological polar surface area (TPSA) is 62.7 Å². The third kappa shape index (κ3) is 3.54. The number of nitrogens with one attached hydrogen (secondary N) is 2. The Morgan fingerprint density at radius 2 is 2.39 bits per heavy atom. The molecule has 0 saturated heterocycles. The number of thiazole rings is 1. The fourth-order valence-electron chi connectivity index (χ4n) is 1.70. The third-order valence-electron chi connectivity index (χ3n) is 2.57. The zero-order valence-corrected chi connectivity index (χ0v) is 11.5. The fraction of sp³-hybridized carbons (Fsp3) is 0.500. The summed E-state index contributed by atoms with van der Waals surface area (Å²) in [7, 11) is 0. The van der Waals surface area contributed by atoms with Gasteiger partial charge in [-0.3, -0.25) is 4.79 Å². The number of nitrogens with zero attached hydrogens (tertiary/aromatic N) is 2. The van der Waals surface area contributed by atoms with Crippen molar-refractivity contribution < 1.29 is 0 Å². The van der Waals surface area contributed by atoms with Gasteiger partial charge in [0.2, 0.25) is 0 Å². The molecule has 0 saturated carbocycles. The van der Waals surface area contributed by atoms with E-state index in [1.807, 2.05) is 16.1 Å². The van der Waals surface area contributed by atoms with Gasteiger partial charge in [-0.25, -0.2) is 4.98 Å². The molecule has 0 spiro atoms. The van der Waals surface area contributed by atoms with Crippen LogP contribution < -0.4 is 10.2 Å². The normalized spacial score (nSPS) is 11.3. The maximum absolute atomic E-state index is 11.1. The quantitative estimate of drug-likeness (QED) is 0.831. The number of hydrogen-bond acceptors (Lipinski definition) is 4. The first-order valence-electron chi connectivity index (χ1n) is 6.01. The summed E-state index contributed by atoms with van der Waals surface area (Å²) >= 11 is 1.19. The van der Waals surface area contributed by atoms with E-state index in [1.165, 1.54) is 11.3 Å². The zero-order valence-electron chi connectivity index (χ0n) is 10.6. The zero-order chi connectivity index (χ0) is 13.0. The number of aromatic amines is 1. The molecule has 0 aromatic carbocycles. The van der Waals surface area contributed by atoms with Crippen LogP contribution in [0.15, 0.2) is 22.7 Å². The van der Waals surface area contributed by atoms with E-state index in [0.717, 1.165) is 24.5 Å². The second kappa shape index (κ2) is 5.97. The van der Waals surface area contributed by atoms with Gasteiger partial charge in [0.1, 0.15) is 0 Å². The van der Waals surface area contributed by atoms with Crippen LogP contribution in [0.5, 0.6) is 0 Å². The van der Waals surface area contributed by atoms with Crippen LogP contribution >= 0.6 is 11.3 Å². The van der Waals surface area contributed by atoms with Crippen LogP contribution in [0.3, 0.4) is 0 Å². The summed E-state index contributed by atoms with van der Waals surface area (Å²) in [6, 6.07) is 0. The van der Waals surface area contributed by atoms with Crippen molar-refractivity contribution in [2.75, 3.05) is 6.54 Å². The summed E-state index contributed by atoms with van der Waals surface area (Å²) in [6.07, 6.45) is 3.65. The molecule has 0 aliphatic carbocycles. The van der Waals surface area contributed by atoms with Crippen molar-refractivity contribution in [1.82, 2.24) is 19.9 Å². The lowest BCUT2D eigenvalue weighted by molar-refractivity contribution is 0.538. The Morgan fingerprint density at radius 1 is 1.56 bits per heavy atom. The molecule has 0 aliphatic rings. The van der Waals surface area contributed by atoms with Crippen LogP contribution in [-0.4, -0.2) is 21.1 Å². The molecule has 5 nitrogen and oxygen atoms in total. The van der Waals surface area contributed by atoms with Crippen molar-refractivity contribution in [2.45, 2.75) is 26.9 Å². The Balaban J connectivity index is 1.97. The van der Waals surface area contributed by atoms with E-state index in [-0.39, 0.29) is 4.87 Å². The average Bonchev–Trinajstić information content (AvgIpc) is 2.89. The second-order valence-corrected chi connectivity index (χ2v) is 5.55. The molecule has 6 heteroatoms. The van der Waals surface area contributed by atoms with Gasteiger partial charge in [0.15, 0.2) is 0 Å². The molecule has 0 fully saturated rings. The van der Waals surface area contributed by atoms with Gasteiger partial charge in [-0.15, -0.1) is 0 Å². The van der Waals surface area contributed by atoms with Crippen LogP contribution in [0.25, 0.3) is 0 Å². The third-order valence-corrected chi connectivity index (χ3v) is 3.29. The van der Waals surface area contributed by atoms with Gasteiger partial charge in [0.25, 0.3) is 0 Å². The number of H-pyrrole nitrogens is 1. The Labute approximate surface area is 110 Å². The lowest BCUT2D eigenvalue weighted by Crippen LogP contribution is -2.21. The van der Waals surface area contributed by atoms with Gasteiger partial charge in [0.05, 0.1) is 18.6 Å². The largest absolute Gasteiger partial charge is 0.327 e. The summed E-state index contributed by atoms with van der Waals surface area (Å²) in [4.78, 5) is 18.0. The number of rotatable bonds is 6. The Morgan fingerprint density at radius 3 is 3.06 bits per heavy atom. The van der Waals surface area contributed by atoms with Gasteiger partial charge in [0, 0.05) is 23.8 Å². The first-order valence-corrected chi connectivity index (χ1v) is 6.89. The SMILES string of the molecule is CC(C)CNCc1cncn1Cc1csc(=O)[nH]1. The summed E-state index contributed by atoms with van der Waals surface area (Å²) in [5.41, 5.74) is 2.05. The second-order valence-electron chi connectivity index (χ2n) is 4.71. The maximum Gasteiger partial charge on any atom is 0.304 e. The molecule has 0 aliphatic heterocycles. The maximum atomic E-state index is 11.1. The molecule has 98 valence electrons. The highest BCUT2D eigenvalue weighted by Gasteiger charge is 2.04. The summed E-state index contributed by atoms with van der Waals surface area (Å²) < 4.78 is 2.05. The molecule has 2 rings (SSSR count). The summed E-state index contributed by atoms with van der Waals surface area (Å²) in [5, 5.41) is 5.24. The van der Waals surface area contributed by atoms with E-state index in [1.54, 1.807) is 6.33 Å². The highest BCUT2D eigenvalue weighted by molar-refractivity contribution is 7.07. The molecule has 18 heavy (non-hydrogen) atoms. The fourth-order valence-corrected chi connectivity index (χ4v) is 2.27. The standard InChI is InChI=1S/C12H18N4OS/c1-9(2)3-13-4-11-5-14-8-16(11)6-10-7-18-12(17)15-10/h5,7-9,13H,3-4,6H2,1-2H3,(H,15,17). The minimum Gasteiger partial charge on any atom is -0.327 e. The Kier molecular flexibility index (Phi) is 4.33. The minimum atomic E-state index is -0.00963. The van der Waals surface area contributed by atoms with Crippen molar-refractivity contribution >= 4 is 11.3 Å². The molecule has 0 atom stereocenters. The smallest absolute Gasteiger partial charge is 0.304 e. The highest BCUT2D eigenvalue weighted by Crippen LogP contribution is 2.05. The van der Waals surface area contributed by atoms with E-state index in [0.29, 0.717) is 12.5 Å². The van der Waals surface area contributed by atoms with E-state index >= 15 is 0 Å². The van der Waals surface area contributed by atoms with Crippen LogP contribution in [0.4, 0.5) is 0 Å². The van der Waals surface area contributed by atoms with Crippen molar-refractivity contribution in [3.05, 3.63) is 39.0 Å². The van der Waals surface area contributed by atoms with Gasteiger partial charge in [-0.05, 0) is 12.5 Å². The van der Waals surface area contributed by atoms with Crippen LogP contribution in [0.1, 0.15) is 25.2 Å². The molecule has 2 aromatic rings. The molecule has 2 heterocycles. The molecule has 0 radical (unpaired) electrons. The molecule has 0 unspecified atom stereocenters. The van der Waals surface area contributed by atoms with Crippen molar-refractivity contribution in [3.63, 3.8) is 0 Å². The van der Waals surface area contributed by atoms with Gasteiger partial charge in [-0.1, -0.05) is 25.2 Å². The van der Waals surface area contributed by atoms with Crippen molar-refractivity contribution in [1.29, 1.82) is 0 Å². The van der Waals surface area contributed by atoms with Crippen molar-refractivity contribution in [2.24, 2.45) is 5.92 Å². The number of imidazole rings is 1. The predicted molar refractivity (Wildman–Crippen MR) is 72.8 cm³/mol. The molecular formula is C12H18N4OS. The number of hydrogen-bond donors (Lipinski definition) is 2. The first-order chi connectivity index (χ1) is 8.65. The average molecular weight is 266 g/mol. The molecular weight excluding hydrogens is 248 g/mol.